The summed E-state index contributed by atoms with van der Waals surface area (Å²) in [5.74, 6) is 3.23. The maximum absolute atomic E-state index is 12.2. The van der Waals surface area contributed by atoms with Crippen LogP contribution in [0.25, 0.3) is 0 Å². The lowest BCUT2D eigenvalue weighted by Crippen LogP contribution is -2.51. The van der Waals surface area contributed by atoms with Crippen LogP contribution >= 0.6 is 0 Å². The van der Waals surface area contributed by atoms with Gasteiger partial charge >= 0.3 is 6.09 Å². The highest BCUT2D eigenvalue weighted by atomic mass is 16.6. The number of likely N-dealkylation sites (N-methyl/N-ethyl adjacent to an activating group) is 1. The van der Waals surface area contributed by atoms with Gasteiger partial charge in [-0.25, -0.2) is 4.79 Å². The first kappa shape index (κ1) is 23.1. The molecule has 5 nitrogen and oxygen atoms in total. The summed E-state index contributed by atoms with van der Waals surface area (Å²) in [6.07, 6.45) is 11.3. The van der Waals surface area contributed by atoms with Crippen LogP contribution in [0, 0.1) is 40.4 Å². The van der Waals surface area contributed by atoms with Gasteiger partial charge < -0.3 is 19.8 Å². The summed E-state index contributed by atoms with van der Waals surface area (Å²) in [5, 5.41) is 19.2. The number of allylic oxidation sites excluding steroid dienone is 1. The molecule has 3 saturated carbocycles. The van der Waals surface area contributed by atoms with Gasteiger partial charge in [0.15, 0.2) is 0 Å². The zero-order valence-corrected chi connectivity index (χ0v) is 20.0. The van der Waals surface area contributed by atoms with Crippen molar-refractivity contribution in [3.05, 3.63) is 11.6 Å². The molecule has 0 radical (unpaired) electrons. The van der Waals surface area contributed by atoms with Gasteiger partial charge in [0.05, 0.1) is 19.3 Å². The SMILES string of the molecule is CC(COC(=O)N(C)CCO)[C@H]1CC[C@H]2[C@@H]3CC=C4C[C@@H](O)CC[C@]4(C)[C@H]3CC[C@]12C. The van der Waals surface area contributed by atoms with E-state index in [-0.39, 0.29) is 18.8 Å². The average Bonchev–Trinajstić information content (AvgIpc) is 3.09. The van der Waals surface area contributed by atoms with Crippen molar-refractivity contribution in [3.63, 3.8) is 0 Å². The van der Waals surface area contributed by atoms with Crippen molar-refractivity contribution in [1.82, 2.24) is 4.90 Å². The Bertz CT molecular complexity index is 708. The van der Waals surface area contributed by atoms with Gasteiger partial charge in [-0.1, -0.05) is 32.4 Å². The van der Waals surface area contributed by atoms with Crippen LogP contribution in [0.5, 0.6) is 0 Å². The van der Waals surface area contributed by atoms with Crippen molar-refractivity contribution in [2.24, 2.45) is 40.4 Å². The van der Waals surface area contributed by atoms with Gasteiger partial charge in [0, 0.05) is 13.6 Å². The summed E-state index contributed by atoms with van der Waals surface area (Å²) in [5.41, 5.74) is 2.16. The monoisotopic (exact) mass is 433 g/mol. The highest BCUT2D eigenvalue weighted by molar-refractivity contribution is 5.67. The summed E-state index contributed by atoms with van der Waals surface area (Å²) in [6, 6.07) is 0. The van der Waals surface area contributed by atoms with Gasteiger partial charge in [-0.15, -0.1) is 0 Å². The molecule has 31 heavy (non-hydrogen) atoms. The number of hydrogen-bond donors (Lipinski definition) is 2. The number of rotatable bonds is 5. The summed E-state index contributed by atoms with van der Waals surface area (Å²) in [7, 11) is 1.67. The lowest BCUT2D eigenvalue weighted by molar-refractivity contribution is -0.0607. The normalized spacial score (nSPS) is 42.6. The van der Waals surface area contributed by atoms with Gasteiger partial charge in [0.25, 0.3) is 0 Å². The zero-order chi connectivity index (χ0) is 22.4. The van der Waals surface area contributed by atoms with Crippen LogP contribution in [0.15, 0.2) is 11.6 Å². The van der Waals surface area contributed by atoms with E-state index in [1.165, 1.54) is 42.6 Å². The van der Waals surface area contributed by atoms with E-state index in [9.17, 15) is 9.90 Å². The van der Waals surface area contributed by atoms with E-state index in [1.807, 2.05) is 0 Å². The average molecular weight is 434 g/mol. The van der Waals surface area contributed by atoms with E-state index in [0.717, 1.165) is 37.0 Å². The molecule has 0 aliphatic heterocycles. The quantitative estimate of drug-likeness (QED) is 0.621. The molecule has 0 aromatic rings. The van der Waals surface area contributed by atoms with Crippen LogP contribution in [-0.2, 0) is 4.74 Å². The van der Waals surface area contributed by atoms with Crippen LogP contribution < -0.4 is 0 Å². The minimum absolute atomic E-state index is 0.0415. The van der Waals surface area contributed by atoms with Crippen molar-refractivity contribution in [3.8, 4) is 0 Å². The van der Waals surface area contributed by atoms with Crippen molar-refractivity contribution in [1.29, 1.82) is 0 Å². The molecule has 4 aliphatic carbocycles. The maximum atomic E-state index is 12.2. The van der Waals surface area contributed by atoms with E-state index in [1.54, 1.807) is 7.05 Å². The highest BCUT2D eigenvalue weighted by Gasteiger charge is 2.59. The Kier molecular flexibility index (Phi) is 6.48. The summed E-state index contributed by atoms with van der Waals surface area (Å²) < 4.78 is 5.60. The molecule has 0 heterocycles. The first-order valence-electron chi connectivity index (χ1n) is 12.6. The first-order chi connectivity index (χ1) is 14.7. The molecule has 3 fully saturated rings. The fourth-order valence-corrected chi connectivity index (χ4v) is 8.29. The number of amides is 1. The van der Waals surface area contributed by atoms with Gasteiger partial charge in [-0.05, 0) is 91.8 Å². The van der Waals surface area contributed by atoms with Crippen molar-refractivity contribution < 1.29 is 19.7 Å². The molecule has 8 atom stereocenters. The second kappa shape index (κ2) is 8.70. The molecule has 4 rings (SSSR count). The summed E-state index contributed by atoms with van der Waals surface area (Å²) in [6.45, 7) is 8.00. The predicted molar refractivity (Wildman–Crippen MR) is 121 cm³/mol. The van der Waals surface area contributed by atoms with Crippen molar-refractivity contribution >= 4 is 6.09 Å². The number of carbonyl (C=O) groups is 1. The second-order valence-electron chi connectivity index (χ2n) is 11.6. The lowest BCUT2D eigenvalue weighted by atomic mass is 9.47. The van der Waals surface area contributed by atoms with Crippen LogP contribution in [-0.4, -0.2) is 54.1 Å². The van der Waals surface area contributed by atoms with Crippen LogP contribution in [0.1, 0.15) is 72.1 Å². The third kappa shape index (κ3) is 3.94. The maximum Gasteiger partial charge on any atom is 0.409 e. The number of fused-ring (bicyclic) bond motifs is 5. The Balaban J connectivity index is 1.44. The largest absolute Gasteiger partial charge is 0.449 e. The molecule has 4 aliphatic rings. The first-order valence-corrected chi connectivity index (χ1v) is 12.6. The molecule has 5 heteroatoms. The fourth-order valence-electron chi connectivity index (χ4n) is 8.29. The summed E-state index contributed by atoms with van der Waals surface area (Å²) in [4.78, 5) is 13.6. The Hall–Kier alpha value is -1.07. The van der Waals surface area contributed by atoms with E-state index < -0.39 is 0 Å². The molecule has 0 aromatic carbocycles. The highest BCUT2D eigenvalue weighted by Crippen LogP contribution is 2.67. The van der Waals surface area contributed by atoms with E-state index in [0.29, 0.717) is 35.8 Å². The molecule has 1 unspecified atom stereocenters. The van der Waals surface area contributed by atoms with E-state index in [2.05, 4.69) is 26.8 Å². The Morgan fingerprint density at radius 1 is 1.23 bits per heavy atom. The standard InChI is InChI=1S/C26H43NO4/c1-17(16-31-24(30)27(4)13-14-28)21-7-8-22-20-6-5-18-15-19(29)9-11-25(18,2)23(20)10-12-26(21,22)3/h5,17,19-23,28-29H,6-16H2,1-4H3/t17?,19-,20-,21+,22-,23-,25-,26+/m0/s1. The molecule has 176 valence electrons. The number of hydrogen-bond acceptors (Lipinski definition) is 4. The topological polar surface area (TPSA) is 70.0 Å². The third-order valence-electron chi connectivity index (χ3n) is 10.1. The summed E-state index contributed by atoms with van der Waals surface area (Å²) >= 11 is 0. The zero-order valence-electron chi connectivity index (χ0n) is 20.0. The number of aliphatic hydroxyl groups excluding tert-OH is 2. The Labute approximate surface area is 188 Å². The fraction of sp³-hybridized carbons (Fsp3) is 0.885. The Morgan fingerprint density at radius 2 is 2.00 bits per heavy atom. The van der Waals surface area contributed by atoms with Crippen molar-refractivity contribution in [2.45, 2.75) is 78.2 Å². The molecule has 0 spiro atoms. The molecule has 0 aromatic heterocycles. The number of aliphatic hydroxyl groups is 2. The van der Waals surface area contributed by atoms with Gasteiger partial charge in [0.2, 0.25) is 0 Å². The molecule has 2 N–H and O–H groups in total. The molecule has 1 amide bonds. The van der Waals surface area contributed by atoms with Gasteiger partial charge in [-0.2, -0.15) is 0 Å². The lowest BCUT2D eigenvalue weighted by Gasteiger charge is -2.58. The van der Waals surface area contributed by atoms with Gasteiger partial charge in [-0.3, -0.25) is 0 Å². The molecule has 0 bridgehead atoms. The number of carbonyl (C=O) groups excluding carboxylic acids is 1. The number of ether oxygens (including phenoxy) is 1. The van der Waals surface area contributed by atoms with Gasteiger partial charge in [0.1, 0.15) is 0 Å². The molecule has 0 saturated heterocycles. The molecular weight excluding hydrogens is 390 g/mol. The van der Waals surface area contributed by atoms with Crippen LogP contribution in [0.3, 0.4) is 0 Å². The van der Waals surface area contributed by atoms with E-state index >= 15 is 0 Å². The smallest absolute Gasteiger partial charge is 0.409 e. The van der Waals surface area contributed by atoms with Crippen molar-refractivity contribution in [2.75, 3.05) is 26.8 Å². The minimum Gasteiger partial charge on any atom is -0.449 e. The second-order valence-corrected chi connectivity index (χ2v) is 11.6. The van der Waals surface area contributed by atoms with Crippen LogP contribution in [0.2, 0.25) is 0 Å². The Morgan fingerprint density at radius 3 is 2.74 bits per heavy atom. The third-order valence-corrected chi connectivity index (χ3v) is 10.1. The predicted octanol–water partition coefficient (Wildman–Crippen LogP) is 4.62. The number of nitrogens with zero attached hydrogens (tertiary/aromatic N) is 1. The van der Waals surface area contributed by atoms with E-state index in [4.69, 9.17) is 9.84 Å². The molecular formula is C26H43NO4. The van der Waals surface area contributed by atoms with Crippen LogP contribution in [0.4, 0.5) is 4.79 Å². The minimum atomic E-state index is -0.332.